The third kappa shape index (κ3) is 6.53. The maximum Gasteiger partial charge on any atom is 0.331 e. The number of anilines is 1. The maximum absolute atomic E-state index is 12.3. The van der Waals surface area contributed by atoms with Gasteiger partial charge in [-0.2, -0.15) is 0 Å². The number of ether oxygens (including phenoxy) is 2. The van der Waals surface area contributed by atoms with Crippen LogP contribution < -0.4 is 10.1 Å². The highest BCUT2D eigenvalue weighted by atomic mass is 16.6. The lowest BCUT2D eigenvalue weighted by Crippen LogP contribution is -2.29. The molecule has 0 saturated carbocycles. The van der Waals surface area contributed by atoms with Gasteiger partial charge in [0, 0.05) is 23.9 Å². The predicted octanol–water partition coefficient (Wildman–Crippen LogP) is 4.97. The summed E-state index contributed by atoms with van der Waals surface area (Å²) in [5, 5.41) is 13.5. The molecule has 3 rings (SSSR count). The van der Waals surface area contributed by atoms with Crippen molar-refractivity contribution >= 4 is 29.3 Å². The quantitative estimate of drug-likeness (QED) is 0.233. The van der Waals surface area contributed by atoms with Gasteiger partial charge >= 0.3 is 5.97 Å². The Balaban J connectivity index is 1.51. The van der Waals surface area contributed by atoms with Crippen molar-refractivity contribution in [2.24, 2.45) is 0 Å². The maximum atomic E-state index is 12.3. The van der Waals surface area contributed by atoms with Crippen molar-refractivity contribution in [3.8, 4) is 11.5 Å². The van der Waals surface area contributed by atoms with Gasteiger partial charge in [0.1, 0.15) is 11.5 Å². The average molecular weight is 432 g/mol. The van der Waals surface area contributed by atoms with Crippen molar-refractivity contribution in [2.45, 2.75) is 13.0 Å². The Morgan fingerprint density at radius 2 is 1.66 bits per heavy atom. The summed E-state index contributed by atoms with van der Waals surface area (Å²) in [5.41, 5.74) is 0.893. The molecule has 1 atom stereocenters. The fourth-order valence-electron chi connectivity index (χ4n) is 2.65. The molecule has 32 heavy (non-hydrogen) atoms. The van der Waals surface area contributed by atoms with E-state index in [1.807, 2.05) is 30.3 Å². The van der Waals surface area contributed by atoms with E-state index in [1.165, 1.54) is 31.2 Å². The van der Waals surface area contributed by atoms with Crippen LogP contribution in [0.5, 0.6) is 11.5 Å². The largest absolute Gasteiger partial charge is 0.457 e. The molecular formula is C24H20N2O6. The Hall–Kier alpha value is -4.46. The summed E-state index contributed by atoms with van der Waals surface area (Å²) in [7, 11) is 0. The number of rotatable bonds is 8. The van der Waals surface area contributed by atoms with Gasteiger partial charge < -0.3 is 14.8 Å². The van der Waals surface area contributed by atoms with Crippen LogP contribution in [-0.4, -0.2) is 22.9 Å². The van der Waals surface area contributed by atoms with Crippen LogP contribution >= 0.6 is 0 Å². The van der Waals surface area contributed by atoms with Crippen LogP contribution in [-0.2, 0) is 14.3 Å². The molecule has 1 N–H and O–H groups in total. The zero-order valence-corrected chi connectivity index (χ0v) is 17.1. The molecule has 0 heterocycles. The van der Waals surface area contributed by atoms with Gasteiger partial charge in [0.25, 0.3) is 11.6 Å². The number of nitrogens with zero attached hydrogens (tertiary/aromatic N) is 1. The molecule has 0 spiro atoms. The first kappa shape index (κ1) is 22.2. The molecule has 8 nitrogen and oxygen atoms in total. The SMILES string of the molecule is CC(OC(=O)C=Cc1cccc([N+](=O)[O-])c1)C(=O)Nc1ccc(Oc2ccccc2)cc1. The van der Waals surface area contributed by atoms with Crippen molar-refractivity contribution in [1.29, 1.82) is 0 Å². The molecule has 0 fully saturated rings. The van der Waals surface area contributed by atoms with Crippen molar-refractivity contribution in [3.05, 3.63) is 101 Å². The minimum Gasteiger partial charge on any atom is -0.457 e. The van der Waals surface area contributed by atoms with Gasteiger partial charge in [0.2, 0.25) is 0 Å². The number of nitrogens with one attached hydrogen (secondary N) is 1. The zero-order valence-electron chi connectivity index (χ0n) is 17.1. The monoisotopic (exact) mass is 432 g/mol. The topological polar surface area (TPSA) is 108 Å². The van der Waals surface area contributed by atoms with E-state index in [9.17, 15) is 19.7 Å². The number of amides is 1. The number of carbonyl (C=O) groups excluding carboxylic acids is 2. The summed E-state index contributed by atoms with van der Waals surface area (Å²) >= 11 is 0. The van der Waals surface area contributed by atoms with E-state index in [4.69, 9.17) is 9.47 Å². The molecular weight excluding hydrogens is 412 g/mol. The highest BCUT2D eigenvalue weighted by molar-refractivity contribution is 5.96. The predicted molar refractivity (Wildman–Crippen MR) is 119 cm³/mol. The smallest absolute Gasteiger partial charge is 0.331 e. The molecule has 0 aliphatic rings. The number of benzene rings is 3. The molecule has 8 heteroatoms. The molecule has 3 aromatic carbocycles. The summed E-state index contributed by atoms with van der Waals surface area (Å²) in [5.74, 6) is 0.0625. The van der Waals surface area contributed by atoms with Gasteiger partial charge in [-0.15, -0.1) is 0 Å². The van der Waals surface area contributed by atoms with Gasteiger partial charge in [-0.05, 0) is 55.0 Å². The lowest BCUT2D eigenvalue weighted by molar-refractivity contribution is -0.384. The van der Waals surface area contributed by atoms with Gasteiger partial charge in [-0.1, -0.05) is 30.3 Å². The second-order valence-corrected chi connectivity index (χ2v) is 6.69. The van der Waals surface area contributed by atoms with Crippen molar-refractivity contribution in [1.82, 2.24) is 0 Å². The standard InChI is InChI=1S/C24H20N2O6/c1-17(31-23(27)15-10-18-6-5-7-20(16-18)26(29)30)24(28)25-19-11-13-22(14-12-19)32-21-8-3-2-4-9-21/h2-17H,1H3,(H,25,28). The van der Waals surface area contributed by atoms with Crippen LogP contribution in [0, 0.1) is 10.1 Å². The summed E-state index contributed by atoms with van der Waals surface area (Å²) in [6.45, 7) is 1.45. The lowest BCUT2D eigenvalue weighted by atomic mass is 10.2. The number of hydrogen-bond donors (Lipinski definition) is 1. The van der Waals surface area contributed by atoms with Crippen LogP contribution in [0.15, 0.2) is 84.9 Å². The minimum atomic E-state index is -1.04. The number of nitro benzene ring substituents is 1. The van der Waals surface area contributed by atoms with Gasteiger partial charge in [0.05, 0.1) is 4.92 Å². The molecule has 1 unspecified atom stereocenters. The van der Waals surface area contributed by atoms with Crippen molar-refractivity contribution < 1.29 is 24.0 Å². The Morgan fingerprint density at radius 3 is 2.34 bits per heavy atom. The molecule has 1 amide bonds. The van der Waals surface area contributed by atoms with E-state index in [0.717, 1.165) is 6.08 Å². The van der Waals surface area contributed by atoms with Gasteiger partial charge in [-0.3, -0.25) is 14.9 Å². The molecule has 0 aliphatic heterocycles. The molecule has 3 aromatic rings. The second-order valence-electron chi connectivity index (χ2n) is 6.69. The van der Waals surface area contributed by atoms with Crippen LogP contribution in [0.1, 0.15) is 12.5 Å². The normalized spacial score (nSPS) is 11.5. The molecule has 0 saturated heterocycles. The van der Waals surface area contributed by atoms with E-state index in [2.05, 4.69) is 5.32 Å². The number of carbonyl (C=O) groups is 2. The first-order valence-corrected chi connectivity index (χ1v) is 9.68. The molecule has 0 aromatic heterocycles. The average Bonchev–Trinajstić information content (AvgIpc) is 2.80. The number of non-ortho nitro benzene ring substituents is 1. The van der Waals surface area contributed by atoms with E-state index in [-0.39, 0.29) is 5.69 Å². The van der Waals surface area contributed by atoms with Gasteiger partial charge in [0.15, 0.2) is 6.10 Å². The summed E-state index contributed by atoms with van der Waals surface area (Å²) in [6, 6.07) is 21.8. The highest BCUT2D eigenvalue weighted by Gasteiger charge is 2.17. The summed E-state index contributed by atoms with van der Waals surface area (Å²) in [6.07, 6.45) is 1.45. The van der Waals surface area contributed by atoms with E-state index < -0.39 is 22.9 Å². The van der Waals surface area contributed by atoms with E-state index >= 15 is 0 Å². The fourth-order valence-corrected chi connectivity index (χ4v) is 2.65. The highest BCUT2D eigenvalue weighted by Crippen LogP contribution is 2.22. The first-order chi connectivity index (χ1) is 15.4. The second kappa shape index (κ2) is 10.5. The van der Waals surface area contributed by atoms with Crippen LogP contribution in [0.2, 0.25) is 0 Å². The van der Waals surface area contributed by atoms with E-state index in [0.29, 0.717) is 22.7 Å². The molecule has 0 bridgehead atoms. The molecule has 162 valence electrons. The minimum absolute atomic E-state index is 0.0894. The van der Waals surface area contributed by atoms with Crippen LogP contribution in [0.4, 0.5) is 11.4 Å². The third-order valence-corrected chi connectivity index (χ3v) is 4.26. The molecule has 0 radical (unpaired) electrons. The third-order valence-electron chi connectivity index (χ3n) is 4.26. The number of nitro groups is 1. The van der Waals surface area contributed by atoms with Crippen LogP contribution in [0.25, 0.3) is 6.08 Å². The zero-order chi connectivity index (χ0) is 22.9. The first-order valence-electron chi connectivity index (χ1n) is 9.68. The Kier molecular flexibility index (Phi) is 7.32. The molecule has 0 aliphatic carbocycles. The Morgan fingerprint density at radius 1 is 0.969 bits per heavy atom. The van der Waals surface area contributed by atoms with Crippen molar-refractivity contribution in [2.75, 3.05) is 5.32 Å². The van der Waals surface area contributed by atoms with Crippen LogP contribution in [0.3, 0.4) is 0 Å². The Bertz CT molecular complexity index is 1130. The van der Waals surface area contributed by atoms with Crippen molar-refractivity contribution in [3.63, 3.8) is 0 Å². The Labute approximate surface area is 184 Å². The van der Waals surface area contributed by atoms with Gasteiger partial charge in [-0.25, -0.2) is 4.79 Å². The number of hydrogen-bond acceptors (Lipinski definition) is 6. The lowest BCUT2D eigenvalue weighted by Gasteiger charge is -2.13. The van der Waals surface area contributed by atoms with E-state index in [1.54, 1.807) is 30.3 Å². The number of esters is 1. The fraction of sp³-hybridized carbons (Fsp3) is 0.0833. The summed E-state index contributed by atoms with van der Waals surface area (Å²) in [4.78, 5) is 34.6. The summed E-state index contributed by atoms with van der Waals surface area (Å²) < 4.78 is 10.8. The number of para-hydroxylation sites is 1.